The van der Waals surface area contributed by atoms with Gasteiger partial charge in [0.05, 0.1) is 13.7 Å². The quantitative estimate of drug-likeness (QED) is 0.701. The highest BCUT2D eigenvalue weighted by molar-refractivity contribution is 6.04. The summed E-state index contributed by atoms with van der Waals surface area (Å²) in [5.41, 5.74) is 6.50. The number of amides is 2. The number of rotatable bonds is 8. The number of nitrogens with two attached hydrogens (primary N) is 1. The van der Waals surface area contributed by atoms with Gasteiger partial charge in [0.1, 0.15) is 17.2 Å². The predicted octanol–water partition coefficient (Wildman–Crippen LogP) is 2.99. The molecule has 0 aliphatic carbocycles. The maximum absolute atomic E-state index is 12.4. The van der Waals surface area contributed by atoms with Crippen molar-refractivity contribution in [2.24, 2.45) is 11.7 Å². The maximum Gasteiger partial charge on any atom is 0.265 e. The lowest BCUT2D eigenvalue weighted by Crippen LogP contribution is -2.31. The average Bonchev–Trinajstić information content (AvgIpc) is 2.66. The third kappa shape index (κ3) is 6.18. The molecule has 0 spiro atoms. The summed E-state index contributed by atoms with van der Waals surface area (Å²) >= 11 is 0. The molecule has 0 heterocycles. The van der Waals surface area contributed by atoms with Gasteiger partial charge in [-0.05, 0) is 54.0 Å². The molecule has 142 valence electrons. The number of methoxy groups -OCH3 is 1. The molecule has 6 nitrogen and oxygen atoms in total. The molecule has 2 amide bonds. The van der Waals surface area contributed by atoms with Crippen LogP contribution in [0.4, 0.5) is 0 Å². The van der Waals surface area contributed by atoms with E-state index in [0.717, 1.165) is 0 Å². The van der Waals surface area contributed by atoms with Gasteiger partial charge >= 0.3 is 0 Å². The van der Waals surface area contributed by atoms with Crippen LogP contribution in [0.3, 0.4) is 0 Å². The second-order valence-corrected chi connectivity index (χ2v) is 6.38. The fraction of sp³-hybridized carbons (Fsp3) is 0.238. The van der Waals surface area contributed by atoms with Crippen molar-refractivity contribution in [1.82, 2.24) is 5.32 Å². The summed E-state index contributed by atoms with van der Waals surface area (Å²) in [6.07, 6.45) is 1.51. The van der Waals surface area contributed by atoms with Crippen LogP contribution in [0.1, 0.15) is 29.8 Å². The van der Waals surface area contributed by atoms with E-state index in [1.165, 1.54) is 6.08 Å². The largest absolute Gasteiger partial charge is 0.497 e. The molecule has 2 rings (SSSR count). The monoisotopic (exact) mass is 368 g/mol. The summed E-state index contributed by atoms with van der Waals surface area (Å²) in [4.78, 5) is 24.1. The van der Waals surface area contributed by atoms with Crippen molar-refractivity contribution in [3.8, 4) is 11.5 Å². The van der Waals surface area contributed by atoms with Gasteiger partial charge in [0.2, 0.25) is 0 Å². The Hall–Kier alpha value is -3.28. The Balaban J connectivity index is 2.09. The molecule has 3 N–H and O–H groups in total. The standard InChI is InChI=1S/C21H24N2O4/c1-14(2)13-27-18-10-6-16(7-11-18)21(25)23-19(20(22)24)12-15-4-8-17(26-3)9-5-15/h4-12,14H,13H2,1-3H3,(H2,22,24)(H,23,25)/b19-12+. The second-order valence-electron chi connectivity index (χ2n) is 6.38. The fourth-order valence-corrected chi connectivity index (χ4v) is 2.20. The molecule has 0 aromatic heterocycles. The van der Waals surface area contributed by atoms with E-state index in [2.05, 4.69) is 19.2 Å². The molecule has 0 bridgehead atoms. The van der Waals surface area contributed by atoms with Crippen LogP contribution in [0.15, 0.2) is 54.2 Å². The van der Waals surface area contributed by atoms with Gasteiger partial charge < -0.3 is 20.5 Å². The van der Waals surface area contributed by atoms with Crippen LogP contribution in [0.25, 0.3) is 6.08 Å². The number of hydrogen-bond donors (Lipinski definition) is 2. The first-order chi connectivity index (χ1) is 12.9. The van der Waals surface area contributed by atoms with Gasteiger partial charge in [-0.25, -0.2) is 0 Å². The summed E-state index contributed by atoms with van der Waals surface area (Å²) in [5.74, 6) is 0.634. The first-order valence-electron chi connectivity index (χ1n) is 8.59. The molecule has 0 aliphatic heterocycles. The van der Waals surface area contributed by atoms with Gasteiger partial charge in [0, 0.05) is 5.56 Å². The Morgan fingerprint density at radius 3 is 2.15 bits per heavy atom. The fourth-order valence-electron chi connectivity index (χ4n) is 2.20. The average molecular weight is 368 g/mol. The highest BCUT2D eigenvalue weighted by Gasteiger charge is 2.12. The van der Waals surface area contributed by atoms with E-state index in [0.29, 0.717) is 35.2 Å². The molecule has 0 fully saturated rings. The maximum atomic E-state index is 12.4. The SMILES string of the molecule is COc1ccc(/C=C(/NC(=O)c2ccc(OCC(C)C)cc2)C(N)=O)cc1. The minimum atomic E-state index is -0.726. The van der Waals surface area contributed by atoms with Crippen molar-refractivity contribution in [2.75, 3.05) is 13.7 Å². The molecule has 0 saturated carbocycles. The Bertz CT molecular complexity index is 809. The Labute approximate surface area is 159 Å². The second kappa shape index (κ2) is 9.43. The Morgan fingerprint density at radius 2 is 1.63 bits per heavy atom. The number of primary amides is 1. The van der Waals surface area contributed by atoms with E-state index in [-0.39, 0.29) is 5.70 Å². The summed E-state index contributed by atoms with van der Waals surface area (Å²) in [6, 6.07) is 13.7. The van der Waals surface area contributed by atoms with Gasteiger partial charge in [-0.15, -0.1) is 0 Å². The van der Waals surface area contributed by atoms with Crippen LogP contribution < -0.4 is 20.5 Å². The smallest absolute Gasteiger partial charge is 0.265 e. The molecule has 0 unspecified atom stereocenters. The van der Waals surface area contributed by atoms with Crippen LogP contribution in [-0.2, 0) is 4.79 Å². The number of benzene rings is 2. The van der Waals surface area contributed by atoms with Crippen molar-refractivity contribution in [1.29, 1.82) is 0 Å². The molecular formula is C21H24N2O4. The molecule has 2 aromatic carbocycles. The molecule has 2 aromatic rings. The van der Waals surface area contributed by atoms with E-state index < -0.39 is 11.8 Å². The van der Waals surface area contributed by atoms with Crippen molar-refractivity contribution in [2.45, 2.75) is 13.8 Å². The van der Waals surface area contributed by atoms with E-state index in [4.69, 9.17) is 15.2 Å². The zero-order valence-corrected chi connectivity index (χ0v) is 15.7. The van der Waals surface area contributed by atoms with Crippen molar-refractivity contribution >= 4 is 17.9 Å². The first kappa shape index (κ1) is 20.0. The molecule has 27 heavy (non-hydrogen) atoms. The number of carbonyl (C=O) groups is 2. The van der Waals surface area contributed by atoms with E-state index in [1.807, 2.05) is 0 Å². The predicted molar refractivity (Wildman–Crippen MR) is 104 cm³/mol. The number of carbonyl (C=O) groups excluding carboxylic acids is 2. The zero-order chi connectivity index (χ0) is 19.8. The molecule has 0 saturated heterocycles. The molecule has 0 atom stereocenters. The lowest BCUT2D eigenvalue weighted by Gasteiger charge is -2.10. The molecule has 0 aliphatic rings. The van der Waals surface area contributed by atoms with Gasteiger partial charge in [-0.2, -0.15) is 0 Å². The van der Waals surface area contributed by atoms with Crippen LogP contribution in [0.2, 0.25) is 0 Å². The normalized spacial score (nSPS) is 11.2. The van der Waals surface area contributed by atoms with Gasteiger partial charge in [-0.1, -0.05) is 26.0 Å². The molecule has 6 heteroatoms. The van der Waals surface area contributed by atoms with Crippen LogP contribution in [0.5, 0.6) is 11.5 Å². The highest BCUT2D eigenvalue weighted by Crippen LogP contribution is 2.15. The first-order valence-corrected chi connectivity index (χ1v) is 8.59. The van der Waals surface area contributed by atoms with Crippen LogP contribution in [-0.4, -0.2) is 25.5 Å². The summed E-state index contributed by atoms with van der Waals surface area (Å²) in [6.45, 7) is 4.71. The number of hydrogen-bond acceptors (Lipinski definition) is 4. The number of ether oxygens (including phenoxy) is 2. The highest BCUT2D eigenvalue weighted by atomic mass is 16.5. The van der Waals surface area contributed by atoms with Crippen molar-refractivity contribution < 1.29 is 19.1 Å². The van der Waals surface area contributed by atoms with E-state index >= 15 is 0 Å². The van der Waals surface area contributed by atoms with Crippen molar-refractivity contribution in [3.05, 3.63) is 65.4 Å². The Morgan fingerprint density at radius 1 is 1.04 bits per heavy atom. The lowest BCUT2D eigenvalue weighted by molar-refractivity contribution is -0.114. The lowest BCUT2D eigenvalue weighted by atomic mass is 10.1. The van der Waals surface area contributed by atoms with Crippen molar-refractivity contribution in [3.63, 3.8) is 0 Å². The zero-order valence-electron chi connectivity index (χ0n) is 15.7. The summed E-state index contributed by atoms with van der Waals surface area (Å²) < 4.78 is 10.7. The topological polar surface area (TPSA) is 90.7 Å². The minimum Gasteiger partial charge on any atom is -0.497 e. The van der Waals surface area contributed by atoms with Crippen LogP contribution in [0, 0.1) is 5.92 Å². The number of nitrogens with one attached hydrogen (secondary N) is 1. The molecule has 0 radical (unpaired) electrons. The van der Waals surface area contributed by atoms with E-state index in [9.17, 15) is 9.59 Å². The molecular weight excluding hydrogens is 344 g/mol. The van der Waals surface area contributed by atoms with Crippen LogP contribution >= 0.6 is 0 Å². The van der Waals surface area contributed by atoms with E-state index in [1.54, 1.807) is 55.6 Å². The van der Waals surface area contributed by atoms with Gasteiger partial charge in [0.25, 0.3) is 11.8 Å². The third-order valence-corrected chi connectivity index (χ3v) is 3.64. The third-order valence-electron chi connectivity index (χ3n) is 3.64. The summed E-state index contributed by atoms with van der Waals surface area (Å²) in [7, 11) is 1.57. The minimum absolute atomic E-state index is 0.00491. The van der Waals surface area contributed by atoms with Gasteiger partial charge in [0.15, 0.2) is 0 Å². The Kier molecular flexibility index (Phi) is 7.00. The summed E-state index contributed by atoms with van der Waals surface area (Å²) in [5, 5.41) is 2.56. The van der Waals surface area contributed by atoms with Gasteiger partial charge in [-0.3, -0.25) is 9.59 Å².